The van der Waals surface area contributed by atoms with E-state index in [1.165, 1.54) is 10.9 Å². The normalized spacial score (nSPS) is 12.8. The van der Waals surface area contributed by atoms with Gasteiger partial charge in [-0.3, -0.25) is 4.72 Å². The molecule has 30 heavy (non-hydrogen) atoms. The molecule has 0 aliphatic heterocycles. The predicted molar refractivity (Wildman–Crippen MR) is 120 cm³/mol. The summed E-state index contributed by atoms with van der Waals surface area (Å²) in [6.07, 6.45) is 3.17. The summed E-state index contributed by atoms with van der Waals surface area (Å²) < 4.78 is 30.1. The molecular formula is C22H26ClN3O3S. The van der Waals surface area contributed by atoms with Crippen LogP contribution < -0.4 is 4.72 Å². The largest absolute Gasteiger partial charge is 0.386 e. The SMILES string of the molecule is CC(C)(C)c1ccc(S(=O)(=O)Nc2ccc(Cl)cc2-n2cc(C(C)(C)O)cn2)cc1. The van der Waals surface area contributed by atoms with Crippen LogP contribution >= 0.6 is 11.6 Å². The highest BCUT2D eigenvalue weighted by Crippen LogP contribution is 2.29. The van der Waals surface area contributed by atoms with Crippen LogP contribution in [0.15, 0.2) is 59.8 Å². The van der Waals surface area contributed by atoms with E-state index in [1.807, 2.05) is 12.1 Å². The monoisotopic (exact) mass is 447 g/mol. The highest BCUT2D eigenvalue weighted by molar-refractivity contribution is 7.92. The molecule has 0 atom stereocenters. The highest BCUT2D eigenvalue weighted by atomic mass is 35.5. The van der Waals surface area contributed by atoms with Crippen molar-refractivity contribution in [2.45, 2.75) is 50.5 Å². The number of sulfonamides is 1. The maximum absolute atomic E-state index is 13.0. The van der Waals surface area contributed by atoms with Crippen LogP contribution in [0.3, 0.4) is 0 Å². The second-order valence-corrected chi connectivity index (χ2v) is 10.9. The lowest BCUT2D eigenvalue weighted by Crippen LogP contribution is -2.16. The molecule has 3 aromatic rings. The molecule has 8 heteroatoms. The number of aromatic nitrogens is 2. The molecule has 0 saturated carbocycles. The fourth-order valence-electron chi connectivity index (χ4n) is 2.89. The third-order valence-corrected chi connectivity index (χ3v) is 6.39. The van der Waals surface area contributed by atoms with Crippen LogP contribution in [0.25, 0.3) is 5.69 Å². The minimum Gasteiger partial charge on any atom is -0.386 e. The molecule has 0 amide bonds. The lowest BCUT2D eigenvalue weighted by Gasteiger charge is -2.19. The number of anilines is 1. The third kappa shape index (κ3) is 4.86. The highest BCUT2D eigenvalue weighted by Gasteiger charge is 2.22. The molecule has 2 aromatic carbocycles. The van der Waals surface area contributed by atoms with Crippen molar-refractivity contribution in [1.82, 2.24) is 9.78 Å². The Morgan fingerprint density at radius 1 is 1.00 bits per heavy atom. The fourth-order valence-corrected chi connectivity index (χ4v) is 4.13. The zero-order valence-electron chi connectivity index (χ0n) is 17.6. The first-order chi connectivity index (χ1) is 13.8. The first-order valence-corrected chi connectivity index (χ1v) is 11.3. The van der Waals surface area contributed by atoms with Gasteiger partial charge in [-0.25, -0.2) is 13.1 Å². The lowest BCUT2D eigenvalue weighted by molar-refractivity contribution is 0.0786. The van der Waals surface area contributed by atoms with Crippen molar-refractivity contribution in [2.24, 2.45) is 0 Å². The van der Waals surface area contributed by atoms with Crippen LogP contribution in [0.5, 0.6) is 0 Å². The Balaban J connectivity index is 1.98. The van der Waals surface area contributed by atoms with Crippen molar-refractivity contribution in [3.05, 3.63) is 71.0 Å². The van der Waals surface area contributed by atoms with Gasteiger partial charge in [-0.15, -0.1) is 0 Å². The molecule has 1 heterocycles. The third-order valence-electron chi connectivity index (χ3n) is 4.77. The molecule has 0 fully saturated rings. The molecule has 2 N–H and O–H groups in total. The van der Waals surface area contributed by atoms with E-state index in [2.05, 4.69) is 30.6 Å². The summed E-state index contributed by atoms with van der Waals surface area (Å²) >= 11 is 6.14. The zero-order valence-corrected chi connectivity index (χ0v) is 19.2. The number of rotatable bonds is 5. The van der Waals surface area contributed by atoms with E-state index in [9.17, 15) is 13.5 Å². The van der Waals surface area contributed by atoms with E-state index in [4.69, 9.17) is 11.6 Å². The average Bonchev–Trinajstić information content (AvgIpc) is 3.13. The first-order valence-electron chi connectivity index (χ1n) is 9.48. The number of aliphatic hydroxyl groups is 1. The van der Waals surface area contributed by atoms with Crippen molar-refractivity contribution < 1.29 is 13.5 Å². The predicted octanol–water partition coefficient (Wildman–Crippen LogP) is 4.85. The van der Waals surface area contributed by atoms with E-state index < -0.39 is 15.6 Å². The van der Waals surface area contributed by atoms with Crippen molar-refractivity contribution in [1.29, 1.82) is 0 Å². The minimum absolute atomic E-state index is 0.0721. The van der Waals surface area contributed by atoms with Crippen LogP contribution in [-0.4, -0.2) is 23.3 Å². The molecule has 3 rings (SSSR count). The lowest BCUT2D eigenvalue weighted by atomic mass is 9.87. The van der Waals surface area contributed by atoms with Gasteiger partial charge in [-0.05, 0) is 55.2 Å². The zero-order chi connectivity index (χ0) is 22.3. The van der Waals surface area contributed by atoms with Crippen LogP contribution in [0.2, 0.25) is 5.02 Å². The molecule has 0 bridgehead atoms. The summed E-state index contributed by atoms with van der Waals surface area (Å²) in [5.41, 5.74) is 1.26. The van der Waals surface area contributed by atoms with Gasteiger partial charge in [0, 0.05) is 16.8 Å². The molecule has 0 unspecified atom stereocenters. The van der Waals surface area contributed by atoms with Gasteiger partial charge in [0.05, 0.1) is 28.1 Å². The van der Waals surface area contributed by atoms with Gasteiger partial charge in [0.2, 0.25) is 0 Å². The number of hydrogen-bond donors (Lipinski definition) is 2. The smallest absolute Gasteiger partial charge is 0.261 e. The Morgan fingerprint density at radius 2 is 1.63 bits per heavy atom. The van der Waals surface area contributed by atoms with Crippen LogP contribution in [0, 0.1) is 0 Å². The maximum Gasteiger partial charge on any atom is 0.261 e. The van der Waals surface area contributed by atoms with Crippen molar-refractivity contribution in [3.8, 4) is 5.69 Å². The van der Waals surface area contributed by atoms with Crippen molar-refractivity contribution in [3.63, 3.8) is 0 Å². The summed E-state index contributed by atoms with van der Waals surface area (Å²) in [4.78, 5) is 0.161. The number of nitrogens with zero attached hydrogens (tertiary/aromatic N) is 2. The Bertz CT molecular complexity index is 1160. The number of nitrogens with one attached hydrogen (secondary N) is 1. The molecule has 0 saturated heterocycles. The number of benzene rings is 2. The average molecular weight is 448 g/mol. The van der Waals surface area contributed by atoms with Crippen LogP contribution in [0.1, 0.15) is 45.7 Å². The molecule has 1 aromatic heterocycles. The van der Waals surface area contributed by atoms with Crippen LogP contribution in [-0.2, 0) is 21.0 Å². The van der Waals surface area contributed by atoms with Gasteiger partial charge >= 0.3 is 0 Å². The molecule has 0 radical (unpaired) electrons. The summed E-state index contributed by atoms with van der Waals surface area (Å²) in [6.45, 7) is 9.51. The Kier molecular flexibility index (Phi) is 5.75. The number of hydrogen-bond acceptors (Lipinski definition) is 4. The molecule has 160 valence electrons. The fraction of sp³-hybridized carbons (Fsp3) is 0.318. The summed E-state index contributed by atoms with van der Waals surface area (Å²) in [6, 6.07) is 11.6. The van der Waals surface area contributed by atoms with E-state index in [0.29, 0.717) is 22.0 Å². The molecule has 6 nitrogen and oxygen atoms in total. The summed E-state index contributed by atoms with van der Waals surface area (Å²) in [7, 11) is -3.82. The van der Waals surface area contributed by atoms with E-state index in [0.717, 1.165) is 5.56 Å². The Morgan fingerprint density at radius 3 is 2.17 bits per heavy atom. The quantitative estimate of drug-likeness (QED) is 0.585. The number of halogens is 1. The van der Waals surface area contributed by atoms with E-state index >= 15 is 0 Å². The van der Waals surface area contributed by atoms with Gasteiger partial charge in [0.25, 0.3) is 10.0 Å². The van der Waals surface area contributed by atoms with Crippen LogP contribution in [0.4, 0.5) is 5.69 Å². The van der Waals surface area contributed by atoms with Gasteiger partial charge in [0.1, 0.15) is 0 Å². The minimum atomic E-state index is -3.82. The van der Waals surface area contributed by atoms with E-state index in [-0.39, 0.29) is 10.3 Å². The van der Waals surface area contributed by atoms with Gasteiger partial charge in [-0.2, -0.15) is 5.10 Å². The molecule has 0 aliphatic carbocycles. The van der Waals surface area contributed by atoms with Gasteiger partial charge < -0.3 is 5.11 Å². The van der Waals surface area contributed by atoms with Crippen molar-refractivity contribution in [2.75, 3.05) is 4.72 Å². The van der Waals surface area contributed by atoms with Crippen molar-refractivity contribution >= 4 is 27.3 Å². The van der Waals surface area contributed by atoms with Gasteiger partial charge in [-0.1, -0.05) is 44.5 Å². The van der Waals surface area contributed by atoms with Gasteiger partial charge in [0.15, 0.2) is 0 Å². The summed E-state index contributed by atoms with van der Waals surface area (Å²) in [5, 5.41) is 14.9. The standard InChI is InChI=1S/C22H26ClN3O3S/c1-21(2,3)15-6-9-18(10-7-15)30(28,29)25-19-11-8-17(23)12-20(19)26-14-16(13-24-26)22(4,5)27/h6-14,25,27H,1-5H3. The maximum atomic E-state index is 13.0. The second-order valence-electron chi connectivity index (χ2n) is 8.77. The topological polar surface area (TPSA) is 84.2 Å². The second kappa shape index (κ2) is 7.72. The van der Waals surface area contributed by atoms with E-state index in [1.54, 1.807) is 50.4 Å². The molecule has 0 spiro atoms. The molecule has 0 aliphatic rings. The Hall–Kier alpha value is -2.35. The molecular weight excluding hydrogens is 422 g/mol. The first kappa shape index (κ1) is 22.3. The Labute approximate surface area is 182 Å². The summed E-state index contributed by atoms with van der Waals surface area (Å²) in [5.74, 6) is 0.